The van der Waals surface area contributed by atoms with Crippen molar-refractivity contribution in [1.29, 1.82) is 0 Å². The van der Waals surface area contributed by atoms with Gasteiger partial charge >= 0.3 is 0 Å². The molecule has 0 heterocycles. The van der Waals surface area contributed by atoms with E-state index in [4.69, 9.17) is 4.74 Å². The van der Waals surface area contributed by atoms with Crippen LogP contribution >= 0.6 is 0 Å². The fourth-order valence-electron chi connectivity index (χ4n) is 0.741. The first-order valence-electron chi connectivity index (χ1n) is 4.96. The number of methoxy groups -OCH3 is 1. The largest absolute Gasteiger partial charge is 0.380 e. The molecule has 1 heteroatoms. The van der Waals surface area contributed by atoms with Crippen LogP contribution in [0.1, 0.15) is 40.7 Å². The smallest absolute Gasteiger partial charge is 0.0713 e. The fraction of sp³-hybridized carbons (Fsp3) is 0.538. The molecule has 1 aromatic rings. The molecular formula is C13H26O. The van der Waals surface area contributed by atoms with E-state index < -0.39 is 0 Å². The summed E-state index contributed by atoms with van der Waals surface area (Å²) in [6, 6.07) is 10.1. The average molecular weight is 198 g/mol. The Labute approximate surface area is 90.1 Å². The normalized spacial score (nSPS) is 6.93. The molecule has 0 atom stereocenters. The number of hydrogen-bond donors (Lipinski definition) is 0. The highest BCUT2D eigenvalue weighted by molar-refractivity contribution is 5.13. The van der Waals surface area contributed by atoms with Gasteiger partial charge < -0.3 is 4.74 Å². The third-order valence-electron chi connectivity index (χ3n) is 1.15. The second-order valence-electron chi connectivity index (χ2n) is 1.92. The van der Waals surface area contributed by atoms with E-state index in [1.165, 1.54) is 5.56 Å². The molecule has 0 saturated heterocycles. The van der Waals surface area contributed by atoms with Gasteiger partial charge in [0.25, 0.3) is 0 Å². The van der Waals surface area contributed by atoms with E-state index in [-0.39, 0.29) is 7.43 Å². The molecule has 0 aliphatic rings. The van der Waals surface area contributed by atoms with Crippen LogP contribution in [0.2, 0.25) is 0 Å². The zero-order chi connectivity index (χ0) is 10.5. The Balaban J connectivity index is -0.000000216. The van der Waals surface area contributed by atoms with Crippen molar-refractivity contribution in [3.05, 3.63) is 35.9 Å². The summed E-state index contributed by atoms with van der Waals surface area (Å²) in [6.45, 7) is 8.71. The van der Waals surface area contributed by atoms with Gasteiger partial charge in [0.2, 0.25) is 0 Å². The topological polar surface area (TPSA) is 9.23 Å². The van der Waals surface area contributed by atoms with Crippen LogP contribution < -0.4 is 0 Å². The van der Waals surface area contributed by atoms with Gasteiger partial charge in [-0.15, -0.1) is 0 Å². The first-order chi connectivity index (χ1) is 6.43. The maximum atomic E-state index is 4.93. The van der Waals surface area contributed by atoms with Crippen molar-refractivity contribution >= 4 is 0 Å². The highest BCUT2D eigenvalue weighted by Crippen LogP contribution is 1.98. The van der Waals surface area contributed by atoms with Gasteiger partial charge in [-0.2, -0.15) is 0 Å². The van der Waals surface area contributed by atoms with E-state index in [9.17, 15) is 0 Å². The van der Waals surface area contributed by atoms with Crippen LogP contribution in [0.15, 0.2) is 30.3 Å². The molecule has 0 amide bonds. The number of rotatable bonds is 2. The van der Waals surface area contributed by atoms with E-state index in [2.05, 4.69) is 0 Å². The summed E-state index contributed by atoms with van der Waals surface area (Å²) in [5, 5.41) is 0. The molecule has 0 bridgehead atoms. The summed E-state index contributed by atoms with van der Waals surface area (Å²) in [4.78, 5) is 0. The Morgan fingerprint density at radius 3 is 1.71 bits per heavy atom. The second-order valence-corrected chi connectivity index (χ2v) is 1.92. The lowest BCUT2D eigenvalue weighted by atomic mass is 10.2. The minimum atomic E-state index is 0. The third-order valence-corrected chi connectivity index (χ3v) is 1.15. The molecule has 84 valence electrons. The lowest BCUT2D eigenvalue weighted by Crippen LogP contribution is -1.84. The van der Waals surface area contributed by atoms with Crippen molar-refractivity contribution in [3.63, 3.8) is 0 Å². The van der Waals surface area contributed by atoms with Gasteiger partial charge in [0, 0.05) is 7.11 Å². The van der Waals surface area contributed by atoms with Crippen LogP contribution in [0.3, 0.4) is 0 Å². The number of hydrogen-bond acceptors (Lipinski definition) is 1. The van der Waals surface area contributed by atoms with Gasteiger partial charge in [-0.1, -0.05) is 65.5 Å². The van der Waals surface area contributed by atoms with Gasteiger partial charge in [0.15, 0.2) is 0 Å². The molecule has 0 aliphatic carbocycles. The standard InChI is InChI=1S/C8H10O.2C2H6.CH4/c1-9-7-8-5-3-2-4-6-8;2*1-2;/h2-6H,7H2,1H3;2*1-2H3;1H4. The Morgan fingerprint density at radius 1 is 0.929 bits per heavy atom. The van der Waals surface area contributed by atoms with E-state index in [1.807, 2.05) is 58.0 Å². The Kier molecular flexibility index (Phi) is 24.3. The summed E-state index contributed by atoms with van der Waals surface area (Å²) in [6.07, 6.45) is 0. The van der Waals surface area contributed by atoms with Crippen molar-refractivity contribution in [2.75, 3.05) is 7.11 Å². The van der Waals surface area contributed by atoms with Gasteiger partial charge in [-0.05, 0) is 5.56 Å². The second kappa shape index (κ2) is 18.1. The van der Waals surface area contributed by atoms with E-state index in [1.54, 1.807) is 7.11 Å². The molecule has 0 aromatic heterocycles. The van der Waals surface area contributed by atoms with Gasteiger partial charge in [-0.25, -0.2) is 0 Å². The molecule has 0 unspecified atom stereocenters. The molecule has 0 aliphatic heterocycles. The Morgan fingerprint density at radius 2 is 1.36 bits per heavy atom. The lowest BCUT2D eigenvalue weighted by molar-refractivity contribution is 0.185. The molecule has 14 heavy (non-hydrogen) atoms. The first kappa shape index (κ1) is 18.9. The van der Waals surface area contributed by atoms with Crippen LogP contribution in [-0.4, -0.2) is 7.11 Å². The third kappa shape index (κ3) is 11.2. The maximum Gasteiger partial charge on any atom is 0.0713 e. The summed E-state index contributed by atoms with van der Waals surface area (Å²) in [5.74, 6) is 0. The Bertz CT molecular complexity index is 158. The van der Waals surface area contributed by atoms with Crippen molar-refractivity contribution in [2.24, 2.45) is 0 Å². The van der Waals surface area contributed by atoms with Gasteiger partial charge in [0.05, 0.1) is 6.61 Å². The first-order valence-corrected chi connectivity index (χ1v) is 4.96. The molecule has 1 nitrogen and oxygen atoms in total. The summed E-state index contributed by atoms with van der Waals surface area (Å²) in [7, 11) is 1.70. The van der Waals surface area contributed by atoms with E-state index in [0.29, 0.717) is 6.61 Å². The highest BCUT2D eigenvalue weighted by Gasteiger charge is 1.84. The monoisotopic (exact) mass is 198 g/mol. The maximum absolute atomic E-state index is 4.93. The van der Waals surface area contributed by atoms with Crippen molar-refractivity contribution in [3.8, 4) is 0 Å². The zero-order valence-electron chi connectivity index (χ0n) is 9.50. The SMILES string of the molecule is C.CC.CC.COCc1ccccc1. The molecule has 0 N–H and O–H groups in total. The van der Waals surface area contributed by atoms with Crippen LogP contribution in [0.4, 0.5) is 0 Å². The zero-order valence-corrected chi connectivity index (χ0v) is 9.50. The summed E-state index contributed by atoms with van der Waals surface area (Å²) in [5.41, 5.74) is 1.22. The van der Waals surface area contributed by atoms with E-state index >= 15 is 0 Å². The average Bonchev–Trinajstić information content (AvgIpc) is 2.26. The minimum absolute atomic E-state index is 0. The molecule has 1 aromatic carbocycles. The number of benzene rings is 1. The lowest BCUT2D eigenvalue weighted by Gasteiger charge is -1.95. The molecule has 0 fully saturated rings. The Hall–Kier alpha value is -0.820. The minimum Gasteiger partial charge on any atom is -0.380 e. The van der Waals surface area contributed by atoms with Crippen molar-refractivity contribution < 1.29 is 4.74 Å². The summed E-state index contributed by atoms with van der Waals surface area (Å²) >= 11 is 0. The molecular weight excluding hydrogens is 172 g/mol. The molecule has 0 saturated carbocycles. The van der Waals surface area contributed by atoms with Crippen LogP contribution in [0.25, 0.3) is 0 Å². The fourth-order valence-corrected chi connectivity index (χ4v) is 0.741. The predicted molar refractivity (Wildman–Crippen MR) is 66.6 cm³/mol. The summed E-state index contributed by atoms with van der Waals surface area (Å²) < 4.78 is 4.93. The highest BCUT2D eigenvalue weighted by atomic mass is 16.5. The molecule has 0 radical (unpaired) electrons. The molecule has 0 spiro atoms. The van der Waals surface area contributed by atoms with Crippen LogP contribution in [0, 0.1) is 0 Å². The quantitative estimate of drug-likeness (QED) is 0.679. The predicted octanol–water partition coefficient (Wildman–Crippen LogP) is 4.52. The van der Waals surface area contributed by atoms with Gasteiger partial charge in [0.1, 0.15) is 0 Å². The van der Waals surface area contributed by atoms with E-state index in [0.717, 1.165) is 0 Å². The van der Waals surface area contributed by atoms with Crippen LogP contribution in [0.5, 0.6) is 0 Å². The molecule has 1 rings (SSSR count). The van der Waals surface area contributed by atoms with Crippen molar-refractivity contribution in [1.82, 2.24) is 0 Å². The van der Waals surface area contributed by atoms with Crippen LogP contribution in [-0.2, 0) is 11.3 Å². The van der Waals surface area contributed by atoms with Crippen molar-refractivity contribution in [2.45, 2.75) is 41.7 Å². The number of ether oxygens (including phenoxy) is 1. The van der Waals surface area contributed by atoms with Gasteiger partial charge in [-0.3, -0.25) is 0 Å².